The fraction of sp³-hybridized carbons (Fsp3) is 0.192. The van der Waals surface area contributed by atoms with Crippen LogP contribution in [0.25, 0.3) is 11.1 Å². The zero-order valence-corrected chi connectivity index (χ0v) is 21.0. The number of esters is 1. The molecule has 0 fully saturated rings. The third kappa shape index (κ3) is 5.70. The molecule has 1 atom stereocenters. The molecular weight excluding hydrogens is 514 g/mol. The van der Waals surface area contributed by atoms with Gasteiger partial charge in [-0.1, -0.05) is 30.3 Å². The number of hydrogen-bond acceptors (Lipinski definition) is 8. The highest BCUT2D eigenvalue weighted by atomic mass is 32.2. The van der Waals surface area contributed by atoms with Crippen molar-refractivity contribution in [3.8, 4) is 11.1 Å². The summed E-state index contributed by atoms with van der Waals surface area (Å²) >= 11 is 0. The van der Waals surface area contributed by atoms with Crippen LogP contribution in [-0.4, -0.2) is 50.8 Å². The Kier molecular flexibility index (Phi) is 7.53. The summed E-state index contributed by atoms with van der Waals surface area (Å²) in [6.07, 6.45) is -0.0669. The maximum Gasteiger partial charge on any atom is 0.328 e. The van der Waals surface area contributed by atoms with E-state index in [1.165, 1.54) is 31.4 Å². The number of rotatable bonds is 4. The van der Waals surface area contributed by atoms with Crippen molar-refractivity contribution in [2.45, 2.75) is 28.7 Å². The summed E-state index contributed by atoms with van der Waals surface area (Å²) in [7, 11) is -2.95. The van der Waals surface area contributed by atoms with Crippen LogP contribution in [-0.2, 0) is 41.8 Å². The number of amides is 2. The Morgan fingerprint density at radius 2 is 1.74 bits per heavy atom. The van der Waals surface area contributed by atoms with E-state index in [4.69, 9.17) is 4.74 Å². The van der Waals surface area contributed by atoms with Crippen molar-refractivity contribution in [1.82, 2.24) is 10.6 Å². The van der Waals surface area contributed by atoms with Crippen LogP contribution in [0.2, 0.25) is 0 Å². The first kappa shape index (κ1) is 26.5. The van der Waals surface area contributed by atoms with Gasteiger partial charge in [0.25, 0.3) is 5.69 Å². The predicted molar refractivity (Wildman–Crippen MR) is 135 cm³/mol. The number of nitrogens with one attached hydrogen (secondary N) is 2. The van der Waals surface area contributed by atoms with Gasteiger partial charge in [0.2, 0.25) is 21.7 Å². The van der Waals surface area contributed by atoms with Crippen LogP contribution >= 0.6 is 0 Å². The number of non-ortho nitro benzene ring substituents is 1. The number of nitrogens with zero attached hydrogens (tertiary/aromatic N) is 1. The van der Waals surface area contributed by atoms with E-state index >= 15 is 0 Å². The van der Waals surface area contributed by atoms with E-state index in [9.17, 15) is 32.9 Å². The SMILES string of the molecule is COC(=O)C1Cc2ccc(S(=O)(=O)c3ccc([N+](=O)[O-])cc3)c(c2)-c2cccc(c2)CC(=O)NCC(=O)N1. The van der Waals surface area contributed by atoms with Gasteiger partial charge in [0.1, 0.15) is 6.04 Å². The maximum atomic E-state index is 13.6. The highest BCUT2D eigenvalue weighted by Crippen LogP contribution is 2.34. The molecular formula is C26H23N3O8S. The summed E-state index contributed by atoms with van der Waals surface area (Å²) in [5, 5.41) is 16.1. The van der Waals surface area contributed by atoms with E-state index in [2.05, 4.69) is 10.6 Å². The molecule has 2 amide bonds. The molecule has 196 valence electrons. The van der Waals surface area contributed by atoms with Crippen LogP contribution in [0.5, 0.6) is 0 Å². The topological polar surface area (TPSA) is 162 Å². The van der Waals surface area contributed by atoms with Crippen molar-refractivity contribution in [3.05, 3.63) is 88.0 Å². The quantitative estimate of drug-likeness (QED) is 0.290. The highest BCUT2D eigenvalue weighted by Gasteiger charge is 2.27. The summed E-state index contributed by atoms with van der Waals surface area (Å²) in [5.41, 5.74) is 1.70. The molecule has 0 aromatic heterocycles. The molecule has 4 rings (SSSR count). The van der Waals surface area contributed by atoms with Crippen LogP contribution in [0.3, 0.4) is 0 Å². The molecule has 0 spiro atoms. The Hall–Kier alpha value is -4.58. The normalized spacial score (nSPS) is 16.0. The molecule has 38 heavy (non-hydrogen) atoms. The second-order valence-corrected chi connectivity index (χ2v) is 10.5. The van der Waals surface area contributed by atoms with Crippen molar-refractivity contribution >= 4 is 33.3 Å². The zero-order chi connectivity index (χ0) is 27.4. The van der Waals surface area contributed by atoms with Gasteiger partial charge >= 0.3 is 5.97 Å². The zero-order valence-electron chi connectivity index (χ0n) is 20.2. The average Bonchev–Trinajstić information content (AvgIpc) is 2.90. The fourth-order valence-electron chi connectivity index (χ4n) is 4.13. The van der Waals surface area contributed by atoms with Crippen LogP contribution < -0.4 is 10.6 Å². The first-order valence-corrected chi connectivity index (χ1v) is 12.9. The lowest BCUT2D eigenvalue weighted by atomic mass is 9.97. The van der Waals surface area contributed by atoms with Crippen molar-refractivity contribution in [2.24, 2.45) is 0 Å². The summed E-state index contributed by atoms with van der Waals surface area (Å²) < 4.78 is 32.1. The minimum atomic E-state index is -4.13. The molecule has 1 unspecified atom stereocenters. The van der Waals surface area contributed by atoms with Gasteiger partial charge < -0.3 is 15.4 Å². The van der Waals surface area contributed by atoms with Crippen molar-refractivity contribution < 1.29 is 32.5 Å². The van der Waals surface area contributed by atoms with Gasteiger partial charge in [0.15, 0.2) is 0 Å². The van der Waals surface area contributed by atoms with E-state index < -0.39 is 38.6 Å². The van der Waals surface area contributed by atoms with Crippen LogP contribution in [0.1, 0.15) is 11.1 Å². The minimum Gasteiger partial charge on any atom is -0.467 e. The largest absolute Gasteiger partial charge is 0.467 e. The molecule has 0 radical (unpaired) electrons. The monoisotopic (exact) mass is 537 g/mol. The third-order valence-corrected chi connectivity index (χ3v) is 7.83. The van der Waals surface area contributed by atoms with Gasteiger partial charge in [0, 0.05) is 24.1 Å². The second kappa shape index (κ2) is 10.8. The van der Waals surface area contributed by atoms with Gasteiger partial charge in [-0.25, -0.2) is 13.2 Å². The molecule has 4 bridgehead atoms. The number of ether oxygens (including phenoxy) is 1. The lowest BCUT2D eigenvalue weighted by Gasteiger charge is -2.19. The lowest BCUT2D eigenvalue weighted by Crippen LogP contribution is -2.47. The number of sulfone groups is 1. The molecule has 1 aliphatic rings. The molecule has 1 heterocycles. The fourth-order valence-corrected chi connectivity index (χ4v) is 5.59. The van der Waals surface area contributed by atoms with Crippen LogP contribution in [0.4, 0.5) is 5.69 Å². The standard InChI is InChI=1S/C26H23N3O8S/c1-37-26(32)22-13-17-5-10-23(38(35,36)20-8-6-19(7-9-20)29(33)34)21(12-17)18-4-2-3-16(11-18)14-24(30)27-15-25(31)28-22/h2-12,22H,13-15H2,1H3,(H,27,30)(H,28,31). The van der Waals surface area contributed by atoms with E-state index in [0.29, 0.717) is 22.3 Å². The first-order valence-electron chi connectivity index (χ1n) is 11.4. The van der Waals surface area contributed by atoms with Gasteiger partial charge in [-0.05, 0) is 41.0 Å². The smallest absolute Gasteiger partial charge is 0.328 e. The predicted octanol–water partition coefficient (Wildman–Crippen LogP) is 1.97. The summed E-state index contributed by atoms with van der Waals surface area (Å²) in [5.74, 6) is -1.73. The first-order chi connectivity index (χ1) is 18.1. The molecule has 3 aromatic carbocycles. The Balaban J connectivity index is 1.88. The number of hydrogen-bond donors (Lipinski definition) is 2. The molecule has 3 aromatic rings. The molecule has 0 saturated carbocycles. The van der Waals surface area contributed by atoms with E-state index in [1.54, 1.807) is 30.3 Å². The number of methoxy groups -OCH3 is 1. The lowest BCUT2D eigenvalue weighted by molar-refractivity contribution is -0.384. The van der Waals surface area contributed by atoms with E-state index in [1.807, 2.05) is 0 Å². The number of carbonyl (C=O) groups is 3. The van der Waals surface area contributed by atoms with E-state index in [-0.39, 0.29) is 34.9 Å². The number of carbonyl (C=O) groups excluding carboxylic acids is 3. The van der Waals surface area contributed by atoms with Crippen molar-refractivity contribution in [2.75, 3.05) is 13.7 Å². The summed E-state index contributed by atoms with van der Waals surface area (Å²) in [6, 6.07) is 14.8. The number of nitro groups is 1. The van der Waals surface area contributed by atoms with Gasteiger partial charge in [0.05, 0.1) is 34.8 Å². The highest BCUT2D eigenvalue weighted by molar-refractivity contribution is 7.91. The number of nitro benzene ring substituents is 1. The molecule has 1 aliphatic heterocycles. The number of benzene rings is 3. The Morgan fingerprint density at radius 1 is 1.00 bits per heavy atom. The molecule has 2 N–H and O–H groups in total. The van der Waals surface area contributed by atoms with Gasteiger partial charge in [-0.2, -0.15) is 0 Å². The Morgan fingerprint density at radius 3 is 2.42 bits per heavy atom. The molecule has 0 saturated heterocycles. The molecule has 12 heteroatoms. The van der Waals surface area contributed by atoms with E-state index in [0.717, 1.165) is 12.1 Å². The van der Waals surface area contributed by atoms with Crippen LogP contribution in [0.15, 0.2) is 76.5 Å². The third-order valence-electron chi connectivity index (χ3n) is 6.00. The second-order valence-electron chi connectivity index (χ2n) is 8.59. The van der Waals surface area contributed by atoms with Crippen molar-refractivity contribution in [3.63, 3.8) is 0 Å². The average molecular weight is 538 g/mol. The van der Waals surface area contributed by atoms with Gasteiger partial charge in [-0.15, -0.1) is 0 Å². The number of fused-ring (bicyclic) bond motifs is 5. The minimum absolute atomic E-state index is 0.00307. The summed E-state index contributed by atoms with van der Waals surface area (Å²) in [6.45, 7) is -0.330. The maximum absolute atomic E-state index is 13.6. The Bertz CT molecular complexity index is 1530. The molecule has 11 nitrogen and oxygen atoms in total. The Labute approximate surface area is 217 Å². The molecule has 0 aliphatic carbocycles. The summed E-state index contributed by atoms with van der Waals surface area (Å²) in [4.78, 5) is 47.4. The van der Waals surface area contributed by atoms with Crippen LogP contribution in [0, 0.1) is 10.1 Å². The van der Waals surface area contributed by atoms with Gasteiger partial charge in [-0.3, -0.25) is 19.7 Å². The van der Waals surface area contributed by atoms with Crippen molar-refractivity contribution in [1.29, 1.82) is 0 Å².